The Hall–Kier alpha value is -1.93. The minimum Gasteiger partial charge on any atom is -0.353 e. The van der Waals surface area contributed by atoms with Crippen LogP contribution in [0.25, 0.3) is 0 Å². The first-order chi connectivity index (χ1) is 8.72. The summed E-state index contributed by atoms with van der Waals surface area (Å²) in [5, 5.41) is 9.00. The van der Waals surface area contributed by atoms with Gasteiger partial charge in [0.15, 0.2) is 11.5 Å². The number of aromatic nitrogens is 2. The molecule has 18 heavy (non-hydrogen) atoms. The summed E-state index contributed by atoms with van der Waals surface area (Å²) >= 11 is 3.51. The topological polar surface area (TPSA) is 52.8 Å². The smallest absolute Gasteiger partial charge is 0.183 e. The van der Waals surface area contributed by atoms with Crippen LogP contribution in [0.3, 0.4) is 0 Å². The van der Waals surface area contributed by atoms with Crippen molar-refractivity contribution in [3.63, 3.8) is 0 Å². The van der Waals surface area contributed by atoms with Crippen LogP contribution >= 0.6 is 15.9 Å². The molecule has 0 radical (unpaired) electrons. The summed E-state index contributed by atoms with van der Waals surface area (Å²) < 4.78 is 1.04. The van der Waals surface area contributed by atoms with Gasteiger partial charge in [0, 0.05) is 30.5 Å². The van der Waals surface area contributed by atoms with Crippen molar-refractivity contribution in [2.75, 3.05) is 11.9 Å². The first kappa shape index (κ1) is 12.5. The van der Waals surface area contributed by atoms with Gasteiger partial charge in [0.25, 0.3) is 0 Å². The monoisotopic (exact) mass is 302 g/mol. The van der Waals surface area contributed by atoms with E-state index in [0.717, 1.165) is 10.0 Å². The van der Waals surface area contributed by atoms with Gasteiger partial charge < -0.3 is 4.90 Å². The molecule has 0 saturated carbocycles. The molecule has 4 nitrogen and oxygen atoms in total. The molecule has 0 saturated heterocycles. The number of rotatable bonds is 3. The molecule has 0 amide bonds. The Kier molecular flexibility index (Phi) is 3.90. The van der Waals surface area contributed by atoms with Crippen molar-refractivity contribution >= 4 is 21.7 Å². The van der Waals surface area contributed by atoms with E-state index < -0.39 is 0 Å². The second kappa shape index (κ2) is 5.61. The SMILES string of the molecule is CN(Cc1ccccc1Br)c1nccnc1C#N. The molecular formula is C13H11BrN4. The molecule has 0 spiro atoms. The van der Waals surface area contributed by atoms with Gasteiger partial charge in [-0.05, 0) is 11.6 Å². The highest BCUT2D eigenvalue weighted by Crippen LogP contribution is 2.20. The van der Waals surface area contributed by atoms with E-state index in [-0.39, 0.29) is 0 Å². The first-order valence-electron chi connectivity index (χ1n) is 5.38. The van der Waals surface area contributed by atoms with Crippen molar-refractivity contribution in [1.29, 1.82) is 5.26 Å². The average Bonchev–Trinajstić information content (AvgIpc) is 2.41. The van der Waals surface area contributed by atoms with E-state index >= 15 is 0 Å². The van der Waals surface area contributed by atoms with Crippen LogP contribution in [0.2, 0.25) is 0 Å². The molecule has 1 heterocycles. The van der Waals surface area contributed by atoms with Crippen molar-refractivity contribution in [1.82, 2.24) is 9.97 Å². The maximum Gasteiger partial charge on any atom is 0.183 e. The lowest BCUT2D eigenvalue weighted by Crippen LogP contribution is -2.19. The molecule has 1 aromatic carbocycles. The number of anilines is 1. The van der Waals surface area contributed by atoms with Crippen LogP contribution in [0, 0.1) is 11.3 Å². The molecule has 0 aliphatic carbocycles. The number of halogens is 1. The number of hydrogen-bond acceptors (Lipinski definition) is 4. The fourth-order valence-corrected chi connectivity index (χ4v) is 2.06. The third kappa shape index (κ3) is 2.66. The molecule has 1 aromatic heterocycles. The number of nitrogens with zero attached hydrogens (tertiary/aromatic N) is 4. The van der Waals surface area contributed by atoms with Crippen LogP contribution in [0.15, 0.2) is 41.1 Å². The summed E-state index contributed by atoms with van der Waals surface area (Å²) in [4.78, 5) is 10.1. The van der Waals surface area contributed by atoms with Gasteiger partial charge in [0.05, 0.1) is 0 Å². The van der Waals surface area contributed by atoms with E-state index in [1.54, 1.807) is 6.20 Å². The quantitative estimate of drug-likeness (QED) is 0.875. The minimum absolute atomic E-state index is 0.340. The van der Waals surface area contributed by atoms with Gasteiger partial charge in [0.2, 0.25) is 0 Å². The van der Waals surface area contributed by atoms with E-state index in [1.165, 1.54) is 6.20 Å². The minimum atomic E-state index is 0.340. The third-order valence-electron chi connectivity index (χ3n) is 2.51. The average molecular weight is 303 g/mol. The summed E-state index contributed by atoms with van der Waals surface area (Å²) in [5.74, 6) is 0.593. The van der Waals surface area contributed by atoms with E-state index in [1.807, 2.05) is 42.3 Å². The second-order valence-electron chi connectivity index (χ2n) is 3.79. The highest BCUT2D eigenvalue weighted by molar-refractivity contribution is 9.10. The van der Waals surface area contributed by atoms with E-state index in [9.17, 15) is 0 Å². The fraction of sp³-hybridized carbons (Fsp3) is 0.154. The normalized spacial score (nSPS) is 9.83. The summed E-state index contributed by atoms with van der Waals surface area (Å²) in [6, 6.07) is 10.0. The summed E-state index contributed by atoms with van der Waals surface area (Å²) in [7, 11) is 1.89. The molecule has 0 unspecified atom stereocenters. The zero-order valence-electron chi connectivity index (χ0n) is 9.84. The third-order valence-corrected chi connectivity index (χ3v) is 3.29. The van der Waals surface area contributed by atoms with Crippen molar-refractivity contribution in [3.8, 4) is 6.07 Å². The van der Waals surface area contributed by atoms with Gasteiger partial charge in [-0.2, -0.15) is 5.26 Å². The summed E-state index contributed by atoms with van der Waals surface area (Å²) in [5.41, 5.74) is 1.47. The van der Waals surface area contributed by atoms with Crippen LogP contribution in [0.5, 0.6) is 0 Å². The van der Waals surface area contributed by atoms with Gasteiger partial charge in [0.1, 0.15) is 6.07 Å². The predicted molar refractivity (Wildman–Crippen MR) is 73.0 cm³/mol. The highest BCUT2D eigenvalue weighted by atomic mass is 79.9. The van der Waals surface area contributed by atoms with Crippen molar-refractivity contribution in [3.05, 3.63) is 52.4 Å². The van der Waals surface area contributed by atoms with Crippen molar-refractivity contribution < 1.29 is 0 Å². The molecular weight excluding hydrogens is 292 g/mol. The van der Waals surface area contributed by atoms with Crippen LogP contribution in [0.1, 0.15) is 11.3 Å². The van der Waals surface area contributed by atoms with E-state index in [2.05, 4.69) is 25.9 Å². The number of nitriles is 1. The summed E-state index contributed by atoms with van der Waals surface area (Å²) in [6.45, 7) is 0.662. The highest BCUT2D eigenvalue weighted by Gasteiger charge is 2.11. The van der Waals surface area contributed by atoms with Crippen LogP contribution < -0.4 is 4.90 Å². The lowest BCUT2D eigenvalue weighted by Gasteiger charge is -2.19. The molecule has 0 aliphatic rings. The molecule has 0 N–H and O–H groups in total. The fourth-order valence-electron chi connectivity index (χ4n) is 1.65. The lowest BCUT2D eigenvalue weighted by molar-refractivity contribution is 0.882. The maximum atomic E-state index is 9.00. The molecule has 0 bridgehead atoms. The molecule has 0 fully saturated rings. The Balaban J connectivity index is 2.26. The Morgan fingerprint density at radius 2 is 2.00 bits per heavy atom. The largest absolute Gasteiger partial charge is 0.353 e. The predicted octanol–water partition coefficient (Wildman–Crippen LogP) is 2.75. The molecule has 0 aliphatic heterocycles. The summed E-state index contributed by atoms with van der Waals surface area (Å²) in [6.07, 6.45) is 3.11. The zero-order valence-corrected chi connectivity index (χ0v) is 11.4. The van der Waals surface area contributed by atoms with Crippen molar-refractivity contribution in [2.24, 2.45) is 0 Å². The first-order valence-corrected chi connectivity index (χ1v) is 6.17. The van der Waals surface area contributed by atoms with Gasteiger partial charge in [-0.25, -0.2) is 9.97 Å². The molecule has 5 heteroatoms. The zero-order chi connectivity index (χ0) is 13.0. The Labute approximate surface area is 114 Å². The lowest BCUT2D eigenvalue weighted by atomic mass is 10.2. The van der Waals surface area contributed by atoms with Gasteiger partial charge >= 0.3 is 0 Å². The van der Waals surface area contributed by atoms with E-state index in [0.29, 0.717) is 18.1 Å². The molecule has 2 rings (SSSR count). The van der Waals surface area contributed by atoms with Crippen LogP contribution in [-0.4, -0.2) is 17.0 Å². The Bertz CT molecular complexity index is 592. The molecule has 90 valence electrons. The molecule has 0 atom stereocenters. The second-order valence-corrected chi connectivity index (χ2v) is 4.64. The van der Waals surface area contributed by atoms with E-state index in [4.69, 9.17) is 5.26 Å². The van der Waals surface area contributed by atoms with Gasteiger partial charge in [-0.1, -0.05) is 34.1 Å². The Morgan fingerprint density at radius 3 is 2.72 bits per heavy atom. The van der Waals surface area contributed by atoms with Gasteiger partial charge in [-0.15, -0.1) is 0 Å². The number of hydrogen-bond donors (Lipinski definition) is 0. The van der Waals surface area contributed by atoms with Crippen LogP contribution in [-0.2, 0) is 6.54 Å². The van der Waals surface area contributed by atoms with Crippen molar-refractivity contribution in [2.45, 2.75) is 6.54 Å². The number of benzene rings is 1. The maximum absolute atomic E-state index is 9.00. The van der Waals surface area contributed by atoms with Crippen LogP contribution in [0.4, 0.5) is 5.82 Å². The standard InChI is InChI=1S/C13H11BrN4/c1-18(9-10-4-2-3-5-11(10)14)13-12(8-15)16-6-7-17-13/h2-7H,9H2,1H3. The van der Waals surface area contributed by atoms with Gasteiger partial charge in [-0.3, -0.25) is 0 Å². The Morgan fingerprint density at radius 1 is 1.28 bits per heavy atom. The molecule has 2 aromatic rings.